The molecule has 4 N–H and O–H groups in total. The monoisotopic (exact) mass is 340 g/mol. The summed E-state index contributed by atoms with van der Waals surface area (Å²) >= 11 is 0. The number of aliphatic hydroxyl groups is 4. The van der Waals surface area contributed by atoms with Crippen LogP contribution in [0.25, 0.3) is 6.08 Å². The molecule has 0 aromatic heterocycles. The molecule has 0 amide bonds. The van der Waals surface area contributed by atoms with Crippen molar-refractivity contribution >= 4 is 12.4 Å². The molecule has 1 aromatic rings. The molecule has 8 heteroatoms. The average Bonchev–Trinajstić information content (AvgIpc) is 2.61. The number of carbonyl (C=O) groups is 1. The zero-order valence-corrected chi connectivity index (χ0v) is 13.0. The number of hydrogen-bond donors (Lipinski definition) is 4. The summed E-state index contributed by atoms with van der Waals surface area (Å²) in [6.45, 7) is -0.544. The van der Waals surface area contributed by atoms with Crippen molar-refractivity contribution in [2.75, 3.05) is 13.7 Å². The van der Waals surface area contributed by atoms with Crippen molar-refractivity contribution in [1.29, 1.82) is 0 Å². The second-order valence-corrected chi connectivity index (χ2v) is 5.22. The lowest BCUT2D eigenvalue weighted by Gasteiger charge is -2.39. The van der Waals surface area contributed by atoms with Gasteiger partial charge in [-0.3, -0.25) is 4.79 Å². The SMILES string of the molecule is COc1cc(C=CC=O)ccc1O[C@@H]1O[C@H](CO)[C@@H](O)[C@H](O)[C@H]1O. The van der Waals surface area contributed by atoms with Gasteiger partial charge in [0, 0.05) is 0 Å². The van der Waals surface area contributed by atoms with Crippen molar-refractivity contribution in [1.82, 2.24) is 0 Å². The van der Waals surface area contributed by atoms with E-state index in [2.05, 4.69) is 0 Å². The minimum absolute atomic E-state index is 0.227. The smallest absolute Gasteiger partial charge is 0.229 e. The molecule has 8 nitrogen and oxygen atoms in total. The highest BCUT2D eigenvalue weighted by atomic mass is 16.7. The molecule has 5 atom stereocenters. The third-order valence-electron chi connectivity index (χ3n) is 3.65. The van der Waals surface area contributed by atoms with Crippen LogP contribution in [0.2, 0.25) is 0 Å². The van der Waals surface area contributed by atoms with Gasteiger partial charge in [-0.15, -0.1) is 0 Å². The van der Waals surface area contributed by atoms with Crippen molar-refractivity contribution in [3.05, 3.63) is 29.8 Å². The molecule has 0 unspecified atom stereocenters. The summed E-state index contributed by atoms with van der Waals surface area (Å²) in [4.78, 5) is 10.4. The van der Waals surface area contributed by atoms with Gasteiger partial charge in [0.1, 0.15) is 30.7 Å². The highest BCUT2D eigenvalue weighted by Crippen LogP contribution is 2.32. The summed E-state index contributed by atoms with van der Waals surface area (Å²) in [7, 11) is 1.42. The summed E-state index contributed by atoms with van der Waals surface area (Å²) in [5, 5.41) is 38.7. The number of ether oxygens (including phenoxy) is 3. The molecule has 132 valence electrons. The van der Waals surface area contributed by atoms with Crippen LogP contribution in [0.5, 0.6) is 11.5 Å². The van der Waals surface area contributed by atoms with Gasteiger partial charge in [-0.05, 0) is 23.8 Å². The lowest BCUT2D eigenvalue weighted by molar-refractivity contribution is -0.277. The summed E-state index contributed by atoms with van der Waals surface area (Å²) in [6, 6.07) is 4.81. The van der Waals surface area contributed by atoms with E-state index in [1.807, 2.05) is 0 Å². The van der Waals surface area contributed by atoms with Crippen LogP contribution in [0.3, 0.4) is 0 Å². The van der Waals surface area contributed by atoms with Crippen molar-refractivity contribution in [3.63, 3.8) is 0 Å². The minimum atomic E-state index is -1.53. The van der Waals surface area contributed by atoms with Crippen LogP contribution in [-0.2, 0) is 9.53 Å². The van der Waals surface area contributed by atoms with Crippen LogP contribution in [0.1, 0.15) is 5.56 Å². The van der Waals surface area contributed by atoms with E-state index in [1.54, 1.807) is 24.3 Å². The Morgan fingerprint density at radius 3 is 2.54 bits per heavy atom. The Morgan fingerprint density at radius 1 is 1.17 bits per heavy atom. The fraction of sp³-hybridized carbons (Fsp3) is 0.438. The molecular formula is C16H20O8. The first-order chi connectivity index (χ1) is 11.5. The molecule has 0 bridgehead atoms. The molecule has 1 saturated heterocycles. The van der Waals surface area contributed by atoms with E-state index in [4.69, 9.17) is 14.2 Å². The summed E-state index contributed by atoms with van der Waals surface area (Å²) in [5.41, 5.74) is 0.695. The lowest BCUT2D eigenvalue weighted by Crippen LogP contribution is -2.60. The lowest BCUT2D eigenvalue weighted by atomic mass is 9.99. The third-order valence-corrected chi connectivity index (χ3v) is 3.65. The number of allylic oxidation sites excluding steroid dienone is 1. The van der Waals surface area contributed by atoms with Gasteiger partial charge in [-0.2, -0.15) is 0 Å². The van der Waals surface area contributed by atoms with E-state index in [0.29, 0.717) is 17.6 Å². The number of rotatable bonds is 6. The maximum absolute atomic E-state index is 10.4. The first-order valence-corrected chi connectivity index (χ1v) is 7.29. The predicted octanol–water partition coefficient (Wildman–Crippen LogP) is -0.914. The molecule has 0 radical (unpaired) electrons. The van der Waals surface area contributed by atoms with Crippen molar-refractivity contribution in [3.8, 4) is 11.5 Å². The number of benzene rings is 1. The number of methoxy groups -OCH3 is 1. The number of aliphatic hydroxyl groups excluding tert-OH is 4. The van der Waals surface area contributed by atoms with Gasteiger partial charge in [-0.25, -0.2) is 0 Å². The van der Waals surface area contributed by atoms with E-state index in [-0.39, 0.29) is 5.75 Å². The molecule has 1 aliphatic rings. The summed E-state index contributed by atoms with van der Waals surface area (Å²) < 4.78 is 16.0. The van der Waals surface area contributed by atoms with Crippen LogP contribution in [0.4, 0.5) is 0 Å². The molecule has 24 heavy (non-hydrogen) atoms. The quantitative estimate of drug-likeness (QED) is 0.387. The predicted molar refractivity (Wildman–Crippen MR) is 82.5 cm³/mol. The molecule has 0 saturated carbocycles. The molecule has 0 aliphatic carbocycles. The maximum Gasteiger partial charge on any atom is 0.229 e. The summed E-state index contributed by atoms with van der Waals surface area (Å²) in [5.74, 6) is 0.546. The highest BCUT2D eigenvalue weighted by molar-refractivity contribution is 5.74. The number of carbonyl (C=O) groups excluding carboxylic acids is 1. The van der Waals surface area contributed by atoms with Crippen molar-refractivity contribution < 1.29 is 39.4 Å². The van der Waals surface area contributed by atoms with E-state index in [9.17, 15) is 25.2 Å². The zero-order valence-electron chi connectivity index (χ0n) is 13.0. The normalized spacial score (nSPS) is 30.3. The van der Waals surface area contributed by atoms with E-state index in [0.717, 1.165) is 0 Å². The second kappa shape index (κ2) is 8.22. The standard InChI is InChI=1S/C16H20O8/c1-22-11-7-9(3-2-6-17)4-5-10(11)23-16-15(21)14(20)13(19)12(8-18)24-16/h2-7,12-16,18-21H,8H2,1H3/t12-,13-,14+,15-,16-/m1/s1. The molecule has 1 aromatic carbocycles. The first kappa shape index (κ1) is 18.4. The van der Waals surface area contributed by atoms with Gasteiger partial charge in [0.15, 0.2) is 11.5 Å². The van der Waals surface area contributed by atoms with Crippen LogP contribution in [-0.4, -0.2) is 71.1 Å². The maximum atomic E-state index is 10.4. The fourth-order valence-corrected chi connectivity index (χ4v) is 2.33. The fourth-order valence-electron chi connectivity index (χ4n) is 2.33. The third kappa shape index (κ3) is 3.92. The minimum Gasteiger partial charge on any atom is -0.493 e. The highest BCUT2D eigenvalue weighted by Gasteiger charge is 2.44. The second-order valence-electron chi connectivity index (χ2n) is 5.22. The van der Waals surface area contributed by atoms with Gasteiger partial charge in [0.05, 0.1) is 13.7 Å². The largest absolute Gasteiger partial charge is 0.493 e. The van der Waals surface area contributed by atoms with Gasteiger partial charge >= 0.3 is 0 Å². The van der Waals surface area contributed by atoms with Crippen molar-refractivity contribution in [2.24, 2.45) is 0 Å². The topological polar surface area (TPSA) is 126 Å². The van der Waals surface area contributed by atoms with Gasteiger partial charge in [0.2, 0.25) is 6.29 Å². The number of aldehydes is 1. The molecule has 1 fully saturated rings. The van der Waals surface area contributed by atoms with Crippen molar-refractivity contribution in [2.45, 2.75) is 30.7 Å². The molecule has 2 rings (SSSR count). The summed E-state index contributed by atoms with van der Waals surface area (Å²) in [6.07, 6.45) is -3.31. The Kier molecular flexibility index (Phi) is 6.29. The molecular weight excluding hydrogens is 320 g/mol. The van der Waals surface area contributed by atoms with Gasteiger partial charge in [0.25, 0.3) is 0 Å². The van der Waals surface area contributed by atoms with Crippen LogP contribution >= 0.6 is 0 Å². The number of hydrogen-bond acceptors (Lipinski definition) is 8. The molecule has 1 aliphatic heterocycles. The first-order valence-electron chi connectivity index (χ1n) is 7.29. The Bertz CT molecular complexity index is 585. The average molecular weight is 340 g/mol. The molecule has 0 spiro atoms. The van der Waals surface area contributed by atoms with Crippen LogP contribution < -0.4 is 9.47 Å². The Balaban J connectivity index is 2.20. The van der Waals surface area contributed by atoms with E-state index >= 15 is 0 Å². The van der Waals surface area contributed by atoms with Gasteiger partial charge in [-0.1, -0.05) is 12.1 Å². The Labute approximate surface area is 138 Å². The van der Waals surface area contributed by atoms with E-state index < -0.39 is 37.3 Å². The van der Waals surface area contributed by atoms with Crippen LogP contribution in [0, 0.1) is 0 Å². The van der Waals surface area contributed by atoms with Gasteiger partial charge < -0.3 is 34.6 Å². The van der Waals surface area contributed by atoms with Crippen LogP contribution in [0.15, 0.2) is 24.3 Å². The van der Waals surface area contributed by atoms with E-state index in [1.165, 1.54) is 13.2 Å². The zero-order chi connectivity index (χ0) is 17.7. The Hall–Kier alpha value is -1.97. The Morgan fingerprint density at radius 2 is 1.92 bits per heavy atom. The molecule has 1 heterocycles.